The highest BCUT2D eigenvalue weighted by Gasteiger charge is 2.29. The second-order valence-electron chi connectivity index (χ2n) is 18.0. The molecule has 0 bridgehead atoms. The van der Waals surface area contributed by atoms with E-state index in [0.717, 1.165) is 78.7 Å². The standard InChI is InChI=1S/C51H62F3N11O6S.C2H6S/c1-4-6-7-48(67)56-15-20-68-22-24-70-25-23-69-21-19-64-32-39(61-62-64)33-71-46-26-36(8-10-44(46)60-47(66)5-2)12-18-65-40(30-55)27-42-35(3)37(9-11-45(42)65)31-63-16-13-38(14-17-63)59-49-43-28-41(29-51(52,53)54)72-50(43)58-34-57-49;1-3-2/h5,8-11,26-28,32,34,38H,2,4,6-7,12-25,29,31,33H2,1,3H3,(H,56,67)(H,60,66)(H,57,58,59);1-2H3. The molecule has 2 aromatic carbocycles. The number of hydrogen-bond acceptors (Lipinski definition) is 15. The number of thiophene rings is 1. The lowest BCUT2D eigenvalue weighted by Crippen LogP contribution is -2.39. The molecule has 6 aromatic rings. The largest absolute Gasteiger partial charge is 0.485 e. The van der Waals surface area contributed by atoms with Gasteiger partial charge in [-0.2, -0.15) is 30.2 Å². The number of carbonyl (C=O) groups excluding carboxylic acids is 2. The van der Waals surface area contributed by atoms with E-state index in [4.69, 9.17) is 18.9 Å². The van der Waals surface area contributed by atoms with Crippen molar-refractivity contribution in [2.24, 2.45) is 0 Å². The van der Waals surface area contributed by atoms with Crippen LogP contribution in [-0.4, -0.2) is 130 Å². The van der Waals surface area contributed by atoms with Gasteiger partial charge in [-0.1, -0.05) is 37.3 Å². The number of unbranched alkanes of at least 4 members (excludes halogenated alkanes) is 1. The van der Waals surface area contributed by atoms with Crippen molar-refractivity contribution in [3.8, 4) is 11.8 Å². The van der Waals surface area contributed by atoms with Crippen LogP contribution in [0, 0.1) is 18.3 Å². The van der Waals surface area contributed by atoms with Gasteiger partial charge in [0.25, 0.3) is 0 Å². The molecule has 0 aliphatic carbocycles. The van der Waals surface area contributed by atoms with Crippen molar-refractivity contribution >= 4 is 67.5 Å². The zero-order valence-electron chi connectivity index (χ0n) is 43.2. The number of aryl methyl sites for hydroxylation is 3. The van der Waals surface area contributed by atoms with Gasteiger partial charge in [0.05, 0.1) is 69.9 Å². The average molecular weight is 1080 g/mol. The molecule has 1 aliphatic rings. The van der Waals surface area contributed by atoms with Crippen LogP contribution in [0.4, 0.5) is 24.7 Å². The Labute approximate surface area is 444 Å². The number of halogens is 3. The summed E-state index contributed by atoms with van der Waals surface area (Å²) in [6.45, 7) is 14.2. The third-order valence-corrected chi connectivity index (χ3v) is 13.3. The number of rotatable bonds is 28. The minimum absolute atomic E-state index is 0.0490. The molecule has 0 atom stereocenters. The van der Waals surface area contributed by atoms with Crippen LogP contribution in [-0.2, 0) is 62.9 Å². The molecule has 1 aliphatic heterocycles. The number of anilines is 2. The molecule has 0 saturated carbocycles. The van der Waals surface area contributed by atoms with Gasteiger partial charge >= 0.3 is 6.18 Å². The molecule has 1 saturated heterocycles. The number of ether oxygens (including phenoxy) is 4. The van der Waals surface area contributed by atoms with Gasteiger partial charge in [0.2, 0.25) is 11.8 Å². The fourth-order valence-electron chi connectivity index (χ4n) is 8.42. The van der Waals surface area contributed by atoms with Crippen LogP contribution in [0.5, 0.6) is 5.75 Å². The minimum atomic E-state index is -4.29. The molecular weight excluding hydrogens is 1010 g/mol. The first-order valence-electron chi connectivity index (χ1n) is 25.1. The SMILES string of the molecule is C=CC(=O)Nc1ccc(CCn2c(C#N)cc3c(C)c(CN4CCC(Nc5ncnc6sc(CC(F)(F)F)cc56)CC4)ccc32)cc1OCc1cn(CCOCCOCCOCCNC(=O)CCCC)nn1.CSC. The summed E-state index contributed by atoms with van der Waals surface area (Å²) in [6, 6.07) is 15.8. The Bertz CT molecular complexity index is 2820. The number of carbonyl (C=O) groups is 2. The monoisotopic (exact) mass is 1080 g/mol. The predicted octanol–water partition coefficient (Wildman–Crippen LogP) is 8.88. The Balaban J connectivity index is 0.00000297. The van der Waals surface area contributed by atoms with Gasteiger partial charge < -0.3 is 39.5 Å². The van der Waals surface area contributed by atoms with E-state index >= 15 is 0 Å². The smallest absolute Gasteiger partial charge is 0.393 e. The van der Waals surface area contributed by atoms with Crippen LogP contribution in [0.3, 0.4) is 0 Å². The van der Waals surface area contributed by atoms with E-state index in [0.29, 0.717) is 111 Å². The molecule has 0 radical (unpaired) electrons. The van der Waals surface area contributed by atoms with Crippen LogP contribution in [0.2, 0.25) is 0 Å². The Hall–Kier alpha value is -6.09. The van der Waals surface area contributed by atoms with Gasteiger partial charge in [0.15, 0.2) is 0 Å². The molecule has 7 rings (SSSR count). The minimum Gasteiger partial charge on any atom is -0.485 e. The number of aromatic nitrogens is 6. The van der Waals surface area contributed by atoms with Crippen LogP contribution in [0.1, 0.15) is 72.0 Å². The molecule has 22 heteroatoms. The van der Waals surface area contributed by atoms with Crippen LogP contribution < -0.4 is 20.7 Å². The number of likely N-dealkylation sites (tertiary alicyclic amines) is 1. The second-order valence-corrected chi connectivity index (χ2v) is 19.9. The quantitative estimate of drug-likeness (QED) is 0.0311. The first-order valence-corrected chi connectivity index (χ1v) is 27.5. The Kier molecular flexibility index (Phi) is 23.2. The summed E-state index contributed by atoms with van der Waals surface area (Å²) >= 11 is 2.80. The van der Waals surface area contributed by atoms with Crippen molar-refractivity contribution in [1.29, 1.82) is 5.26 Å². The predicted molar refractivity (Wildman–Crippen MR) is 288 cm³/mol. The zero-order valence-corrected chi connectivity index (χ0v) is 44.8. The third-order valence-electron chi connectivity index (χ3n) is 12.3. The number of alkyl halides is 3. The zero-order chi connectivity index (χ0) is 53.6. The first-order chi connectivity index (χ1) is 36.3. The summed E-state index contributed by atoms with van der Waals surface area (Å²) in [5.41, 5.74) is 5.80. The Morgan fingerprint density at radius 3 is 2.45 bits per heavy atom. The van der Waals surface area contributed by atoms with Crippen molar-refractivity contribution in [3.63, 3.8) is 0 Å². The van der Waals surface area contributed by atoms with E-state index in [1.54, 1.807) is 34.8 Å². The van der Waals surface area contributed by atoms with E-state index in [-0.39, 0.29) is 29.3 Å². The lowest BCUT2D eigenvalue weighted by atomic mass is 10.0. The lowest BCUT2D eigenvalue weighted by molar-refractivity contribution is -0.126. The van der Waals surface area contributed by atoms with Gasteiger partial charge in [0.1, 0.15) is 46.8 Å². The molecule has 17 nitrogen and oxygen atoms in total. The molecule has 404 valence electrons. The second kappa shape index (κ2) is 29.9. The van der Waals surface area contributed by atoms with E-state index < -0.39 is 12.6 Å². The van der Waals surface area contributed by atoms with E-state index in [2.05, 4.69) is 79.8 Å². The topological polar surface area (TPSA) is 196 Å². The van der Waals surface area contributed by atoms with Crippen molar-refractivity contribution in [1.82, 2.24) is 39.7 Å². The van der Waals surface area contributed by atoms with Gasteiger partial charge in [-0.05, 0) is 98.2 Å². The molecule has 4 aromatic heterocycles. The van der Waals surface area contributed by atoms with E-state index in [1.165, 1.54) is 18.0 Å². The van der Waals surface area contributed by atoms with Gasteiger partial charge in [0, 0.05) is 61.0 Å². The molecule has 1 fully saturated rings. The fraction of sp³-hybridized carbons (Fsp3) is 0.491. The number of nitrogens with zero attached hydrogens (tertiary/aromatic N) is 8. The third kappa shape index (κ3) is 18.3. The average Bonchev–Trinajstić information content (AvgIpc) is 4.13. The summed E-state index contributed by atoms with van der Waals surface area (Å²) in [6.07, 6.45) is 7.85. The molecule has 5 heterocycles. The summed E-state index contributed by atoms with van der Waals surface area (Å²) < 4.78 is 65.9. The molecule has 0 spiro atoms. The maximum absolute atomic E-state index is 13.1. The number of piperidine rings is 1. The summed E-state index contributed by atoms with van der Waals surface area (Å²) in [7, 11) is 0. The number of nitrogens with one attached hydrogen (secondary N) is 3. The van der Waals surface area contributed by atoms with Crippen LogP contribution in [0.15, 0.2) is 67.6 Å². The summed E-state index contributed by atoms with van der Waals surface area (Å²) in [5.74, 6) is 0.687. The van der Waals surface area contributed by atoms with Crippen molar-refractivity contribution < 1.29 is 41.7 Å². The summed E-state index contributed by atoms with van der Waals surface area (Å²) in [5, 5.41) is 29.5. The van der Waals surface area contributed by atoms with E-state index in [9.17, 15) is 28.0 Å². The highest BCUT2D eigenvalue weighted by atomic mass is 32.2. The highest BCUT2D eigenvalue weighted by Crippen LogP contribution is 2.34. The Morgan fingerprint density at radius 1 is 0.987 bits per heavy atom. The van der Waals surface area contributed by atoms with Gasteiger partial charge in [-0.15, -0.1) is 16.4 Å². The Morgan fingerprint density at radius 2 is 1.73 bits per heavy atom. The fourth-order valence-corrected chi connectivity index (χ4v) is 9.45. The van der Waals surface area contributed by atoms with Crippen molar-refractivity contribution in [3.05, 3.63) is 101 Å². The lowest BCUT2D eigenvalue weighted by Gasteiger charge is -2.33. The number of thioether (sulfide) groups is 1. The maximum Gasteiger partial charge on any atom is 0.393 e. The van der Waals surface area contributed by atoms with Crippen molar-refractivity contribution in [2.75, 3.05) is 82.4 Å². The van der Waals surface area contributed by atoms with Gasteiger partial charge in [-0.3, -0.25) is 14.5 Å². The normalized spacial score (nSPS) is 13.1. The highest BCUT2D eigenvalue weighted by molar-refractivity contribution is 7.97. The molecule has 2 amide bonds. The molecule has 75 heavy (non-hydrogen) atoms. The van der Waals surface area contributed by atoms with Crippen molar-refractivity contribution in [2.45, 2.75) is 97.3 Å². The van der Waals surface area contributed by atoms with Crippen LogP contribution >= 0.6 is 23.1 Å². The molecule has 3 N–H and O–H groups in total. The first kappa shape index (κ1) is 58.2. The number of amides is 2. The number of nitriles is 1. The number of fused-ring (bicyclic) bond motifs is 2. The van der Waals surface area contributed by atoms with Gasteiger partial charge in [-0.25, -0.2) is 14.6 Å². The van der Waals surface area contributed by atoms with E-state index in [1.807, 2.05) is 35.3 Å². The van der Waals surface area contributed by atoms with Crippen LogP contribution in [0.25, 0.3) is 21.1 Å². The molecular formula is C53H68F3N11O6S2. The maximum atomic E-state index is 13.1. The number of hydrogen-bond donors (Lipinski definition) is 3. The number of benzene rings is 2. The molecule has 0 unspecified atom stereocenters. The summed E-state index contributed by atoms with van der Waals surface area (Å²) in [4.78, 5) is 35.7.